The fraction of sp³-hybridized carbons (Fsp3) is 0.294. The third-order valence-electron chi connectivity index (χ3n) is 4.10. The summed E-state index contributed by atoms with van der Waals surface area (Å²) in [5.74, 6) is 1.03. The van der Waals surface area contributed by atoms with Crippen LogP contribution in [-0.4, -0.2) is 43.9 Å². The van der Waals surface area contributed by atoms with Crippen molar-refractivity contribution in [1.29, 1.82) is 0 Å². The number of nitrogens with one attached hydrogen (secondary N) is 1. The van der Waals surface area contributed by atoms with E-state index in [4.69, 9.17) is 9.57 Å². The van der Waals surface area contributed by atoms with Crippen molar-refractivity contribution >= 4 is 5.84 Å². The van der Waals surface area contributed by atoms with Gasteiger partial charge in [-0.3, -0.25) is 4.68 Å². The Morgan fingerprint density at radius 1 is 1.31 bits per heavy atom. The zero-order chi connectivity index (χ0) is 18.1. The molecule has 0 bridgehead atoms. The Kier molecular flexibility index (Phi) is 4.04. The van der Waals surface area contributed by atoms with E-state index in [9.17, 15) is 0 Å². The summed E-state index contributed by atoms with van der Waals surface area (Å²) in [6, 6.07) is 3.74. The number of aryl methyl sites for hydroxylation is 2. The molecule has 1 aliphatic rings. The molecular formula is C17H19N7O2. The van der Waals surface area contributed by atoms with Gasteiger partial charge in [0, 0.05) is 25.0 Å². The fourth-order valence-electron chi connectivity index (χ4n) is 2.79. The second-order valence-electron chi connectivity index (χ2n) is 6.03. The van der Waals surface area contributed by atoms with E-state index in [1.807, 2.05) is 49.3 Å². The highest BCUT2D eigenvalue weighted by Crippen LogP contribution is 2.23. The lowest BCUT2D eigenvalue weighted by atomic mass is 10.1. The zero-order valence-electron chi connectivity index (χ0n) is 14.7. The van der Waals surface area contributed by atoms with Crippen LogP contribution in [-0.2, 0) is 11.9 Å². The van der Waals surface area contributed by atoms with E-state index in [1.54, 1.807) is 18.1 Å². The Morgan fingerprint density at radius 3 is 2.88 bits per heavy atom. The lowest BCUT2D eigenvalue weighted by Crippen LogP contribution is -2.36. The van der Waals surface area contributed by atoms with Gasteiger partial charge >= 0.3 is 0 Å². The lowest BCUT2D eigenvalue weighted by Gasteiger charge is -2.23. The highest BCUT2D eigenvalue weighted by Gasteiger charge is 2.23. The molecule has 3 aromatic rings. The Balaban J connectivity index is 1.62. The molecule has 9 nitrogen and oxygen atoms in total. The predicted molar refractivity (Wildman–Crippen MR) is 94.2 cm³/mol. The van der Waals surface area contributed by atoms with E-state index >= 15 is 0 Å². The first-order chi connectivity index (χ1) is 12.6. The average molecular weight is 353 g/mol. The van der Waals surface area contributed by atoms with Crippen LogP contribution in [0.2, 0.25) is 0 Å². The van der Waals surface area contributed by atoms with Crippen molar-refractivity contribution in [2.75, 3.05) is 13.7 Å². The monoisotopic (exact) mass is 353 g/mol. The van der Waals surface area contributed by atoms with Gasteiger partial charge in [0.25, 0.3) is 0 Å². The van der Waals surface area contributed by atoms with Gasteiger partial charge in [-0.05, 0) is 19.1 Å². The Labute approximate surface area is 150 Å². The summed E-state index contributed by atoms with van der Waals surface area (Å²) in [4.78, 5) is 14.2. The number of nitrogens with zero attached hydrogens (tertiary/aromatic N) is 6. The number of aromatic nitrogens is 5. The summed E-state index contributed by atoms with van der Waals surface area (Å²) in [6.07, 6.45) is 7.40. The van der Waals surface area contributed by atoms with Gasteiger partial charge in [0.05, 0.1) is 31.4 Å². The number of hydrogen-bond acceptors (Lipinski definition) is 7. The quantitative estimate of drug-likeness (QED) is 0.761. The van der Waals surface area contributed by atoms with Crippen LogP contribution in [0.15, 0.2) is 42.2 Å². The van der Waals surface area contributed by atoms with E-state index in [0.29, 0.717) is 24.0 Å². The van der Waals surface area contributed by atoms with Crippen LogP contribution in [0.25, 0.3) is 5.69 Å². The summed E-state index contributed by atoms with van der Waals surface area (Å²) >= 11 is 0. The van der Waals surface area contributed by atoms with Crippen LogP contribution in [0.1, 0.15) is 23.0 Å². The summed E-state index contributed by atoms with van der Waals surface area (Å²) in [5, 5.41) is 11.7. The van der Waals surface area contributed by atoms with Crippen molar-refractivity contribution in [3.8, 4) is 11.6 Å². The zero-order valence-corrected chi connectivity index (χ0v) is 14.7. The molecule has 0 aromatic carbocycles. The summed E-state index contributed by atoms with van der Waals surface area (Å²) in [7, 11) is 3.47. The molecule has 0 amide bonds. The van der Waals surface area contributed by atoms with Gasteiger partial charge in [-0.1, -0.05) is 5.16 Å². The van der Waals surface area contributed by atoms with Gasteiger partial charge in [0.1, 0.15) is 18.0 Å². The molecule has 0 aliphatic carbocycles. The molecule has 1 aliphatic heterocycles. The van der Waals surface area contributed by atoms with Crippen molar-refractivity contribution in [1.82, 2.24) is 29.6 Å². The number of imidazole rings is 1. The number of pyridine rings is 1. The highest BCUT2D eigenvalue weighted by atomic mass is 16.6. The normalized spacial score (nSPS) is 16.6. The molecule has 4 heterocycles. The van der Waals surface area contributed by atoms with Crippen molar-refractivity contribution < 1.29 is 9.57 Å². The molecule has 9 heteroatoms. The molecule has 0 spiro atoms. The van der Waals surface area contributed by atoms with Crippen LogP contribution in [0, 0.1) is 6.92 Å². The van der Waals surface area contributed by atoms with E-state index < -0.39 is 0 Å². The van der Waals surface area contributed by atoms with Gasteiger partial charge in [-0.15, -0.1) is 0 Å². The third-order valence-corrected chi connectivity index (χ3v) is 4.10. The fourth-order valence-corrected chi connectivity index (χ4v) is 2.79. The SMILES string of the molecule is COc1nc(C2=NOCC(c3cnn(C)c3)N2)ccc1-n1cnc(C)c1. The van der Waals surface area contributed by atoms with Gasteiger partial charge in [0.2, 0.25) is 5.88 Å². The number of methoxy groups -OCH3 is 1. The van der Waals surface area contributed by atoms with Crippen molar-refractivity contribution in [2.24, 2.45) is 12.2 Å². The largest absolute Gasteiger partial charge is 0.479 e. The summed E-state index contributed by atoms with van der Waals surface area (Å²) < 4.78 is 9.09. The summed E-state index contributed by atoms with van der Waals surface area (Å²) in [6.45, 7) is 2.36. The van der Waals surface area contributed by atoms with Gasteiger partial charge < -0.3 is 19.5 Å². The first-order valence-electron chi connectivity index (χ1n) is 8.15. The minimum absolute atomic E-state index is 0.0417. The van der Waals surface area contributed by atoms with E-state index in [1.165, 1.54) is 0 Å². The van der Waals surface area contributed by atoms with E-state index in [0.717, 1.165) is 16.9 Å². The molecule has 1 N–H and O–H groups in total. The Hall–Kier alpha value is -3.36. The lowest BCUT2D eigenvalue weighted by molar-refractivity contribution is 0.109. The molecule has 1 atom stereocenters. The molecule has 0 radical (unpaired) electrons. The number of oxime groups is 1. The van der Waals surface area contributed by atoms with Gasteiger partial charge in [0.15, 0.2) is 5.84 Å². The summed E-state index contributed by atoms with van der Waals surface area (Å²) in [5.41, 5.74) is 3.38. The first-order valence-corrected chi connectivity index (χ1v) is 8.15. The number of rotatable bonds is 4. The minimum atomic E-state index is -0.0417. The minimum Gasteiger partial charge on any atom is -0.479 e. The third kappa shape index (κ3) is 2.99. The second-order valence-corrected chi connectivity index (χ2v) is 6.03. The standard InChI is InChI=1S/C17H19N7O2/c1-11-7-24(10-18-11)15-5-4-13(21-17(15)25-3)16-20-14(9-26-22-16)12-6-19-23(2)8-12/h4-8,10,14H,9H2,1-3H3,(H,20,22). The maximum atomic E-state index is 5.46. The maximum absolute atomic E-state index is 5.46. The van der Waals surface area contributed by atoms with Crippen molar-refractivity contribution in [3.63, 3.8) is 0 Å². The van der Waals surface area contributed by atoms with Gasteiger partial charge in [-0.25, -0.2) is 9.97 Å². The van der Waals surface area contributed by atoms with Crippen LogP contribution >= 0.6 is 0 Å². The predicted octanol–water partition coefficient (Wildman–Crippen LogP) is 1.34. The molecule has 26 heavy (non-hydrogen) atoms. The number of amidine groups is 1. The van der Waals surface area contributed by atoms with Crippen molar-refractivity contribution in [2.45, 2.75) is 13.0 Å². The highest BCUT2D eigenvalue weighted by molar-refractivity contribution is 5.97. The Morgan fingerprint density at radius 2 is 2.19 bits per heavy atom. The first kappa shape index (κ1) is 16.1. The second kappa shape index (κ2) is 6.51. The maximum Gasteiger partial charge on any atom is 0.238 e. The van der Waals surface area contributed by atoms with Crippen LogP contribution in [0.3, 0.4) is 0 Å². The molecule has 0 fully saturated rings. The molecule has 4 rings (SSSR count). The molecule has 0 saturated heterocycles. The molecule has 3 aromatic heterocycles. The molecule has 0 saturated carbocycles. The van der Waals surface area contributed by atoms with Crippen LogP contribution in [0.4, 0.5) is 0 Å². The topological polar surface area (TPSA) is 91.4 Å². The average Bonchev–Trinajstić information content (AvgIpc) is 3.29. The molecule has 134 valence electrons. The smallest absolute Gasteiger partial charge is 0.238 e. The van der Waals surface area contributed by atoms with Gasteiger partial charge in [-0.2, -0.15) is 5.10 Å². The molecule has 1 unspecified atom stereocenters. The number of ether oxygens (including phenoxy) is 1. The van der Waals surface area contributed by atoms with Crippen molar-refractivity contribution in [3.05, 3.63) is 54.0 Å². The number of hydrogen-bond donors (Lipinski definition) is 1. The molecular weight excluding hydrogens is 334 g/mol. The van der Waals surface area contributed by atoms with Crippen LogP contribution in [0.5, 0.6) is 5.88 Å². The van der Waals surface area contributed by atoms with E-state index in [-0.39, 0.29) is 6.04 Å². The van der Waals surface area contributed by atoms with Crippen LogP contribution < -0.4 is 10.1 Å². The van der Waals surface area contributed by atoms with E-state index in [2.05, 4.69) is 25.5 Å². The Bertz CT molecular complexity index is 960.